The summed E-state index contributed by atoms with van der Waals surface area (Å²) < 4.78 is 9.92. The molecule has 0 heterocycles. The van der Waals surface area contributed by atoms with E-state index in [1.54, 1.807) is 7.11 Å². The smallest absolute Gasteiger partial charge is 0.308 e. The van der Waals surface area contributed by atoms with Gasteiger partial charge in [-0.25, -0.2) is 0 Å². The molecule has 0 spiro atoms. The van der Waals surface area contributed by atoms with Crippen LogP contribution in [0.15, 0.2) is 0 Å². The van der Waals surface area contributed by atoms with Crippen LogP contribution in [-0.2, 0) is 14.3 Å². The molecule has 0 saturated heterocycles. The lowest BCUT2D eigenvalue weighted by Gasteiger charge is -2.34. The van der Waals surface area contributed by atoms with Gasteiger partial charge in [0.1, 0.15) is 0 Å². The quantitative estimate of drug-likeness (QED) is 0.715. The average Bonchev–Trinajstić information content (AvgIpc) is 2.19. The average molecular weight is 216 g/mol. The highest BCUT2D eigenvalue weighted by molar-refractivity contribution is 5.72. The first-order valence-corrected chi connectivity index (χ1v) is 5.49. The molecule has 0 atom stereocenters. The fourth-order valence-corrected chi connectivity index (χ4v) is 2.06. The molecule has 0 aromatic carbocycles. The van der Waals surface area contributed by atoms with E-state index in [0.717, 1.165) is 0 Å². The fourth-order valence-electron chi connectivity index (χ4n) is 2.06. The second-order valence-electron chi connectivity index (χ2n) is 4.18. The first-order valence-electron chi connectivity index (χ1n) is 5.49. The first-order chi connectivity index (χ1) is 7.11. The fraction of sp³-hybridized carbons (Fsp3) is 0.909. The van der Waals surface area contributed by atoms with Gasteiger partial charge >= 0.3 is 5.97 Å². The molecule has 0 aromatic heterocycles. The molecule has 4 nitrogen and oxygen atoms in total. The van der Waals surface area contributed by atoms with Crippen LogP contribution < -0.4 is 0 Å². The molecule has 4 heteroatoms. The van der Waals surface area contributed by atoms with E-state index < -0.39 is 5.60 Å². The number of rotatable bonds is 4. The Labute approximate surface area is 90.6 Å². The van der Waals surface area contributed by atoms with E-state index in [0.29, 0.717) is 38.9 Å². The summed E-state index contributed by atoms with van der Waals surface area (Å²) in [4.78, 5) is 11.4. The summed E-state index contributed by atoms with van der Waals surface area (Å²) in [5, 5.41) is 10.0. The van der Waals surface area contributed by atoms with Gasteiger partial charge in [-0.2, -0.15) is 0 Å². The maximum atomic E-state index is 11.4. The lowest BCUT2D eigenvalue weighted by Crippen LogP contribution is -2.40. The molecule has 1 saturated carbocycles. The molecule has 88 valence electrons. The molecule has 0 aromatic rings. The number of ether oxygens (including phenoxy) is 2. The molecule has 0 aliphatic heterocycles. The van der Waals surface area contributed by atoms with Crippen molar-refractivity contribution in [3.05, 3.63) is 0 Å². The molecule has 0 radical (unpaired) electrons. The van der Waals surface area contributed by atoms with Gasteiger partial charge < -0.3 is 14.6 Å². The molecule has 1 aliphatic rings. The summed E-state index contributed by atoms with van der Waals surface area (Å²) in [5.41, 5.74) is -0.738. The third-order valence-electron chi connectivity index (χ3n) is 2.95. The summed E-state index contributed by atoms with van der Waals surface area (Å²) in [6.07, 6.45) is 2.62. The second-order valence-corrected chi connectivity index (χ2v) is 4.18. The Morgan fingerprint density at radius 3 is 2.53 bits per heavy atom. The van der Waals surface area contributed by atoms with Crippen molar-refractivity contribution in [2.75, 3.05) is 20.3 Å². The normalized spacial score (nSPS) is 31.3. The summed E-state index contributed by atoms with van der Waals surface area (Å²) in [6.45, 7) is 2.59. The van der Waals surface area contributed by atoms with Crippen LogP contribution in [0.25, 0.3) is 0 Å². The predicted octanol–water partition coefficient (Wildman–Crippen LogP) is 1.12. The molecule has 15 heavy (non-hydrogen) atoms. The zero-order valence-corrected chi connectivity index (χ0v) is 9.49. The zero-order valence-electron chi connectivity index (χ0n) is 9.49. The highest BCUT2D eigenvalue weighted by atomic mass is 16.5. The minimum absolute atomic E-state index is 0.0397. The minimum Gasteiger partial charge on any atom is -0.466 e. The lowest BCUT2D eigenvalue weighted by atomic mass is 9.79. The van der Waals surface area contributed by atoms with E-state index in [4.69, 9.17) is 9.47 Å². The summed E-state index contributed by atoms with van der Waals surface area (Å²) in [7, 11) is 1.58. The first kappa shape index (κ1) is 12.5. The van der Waals surface area contributed by atoms with Crippen molar-refractivity contribution in [2.24, 2.45) is 5.92 Å². The molecule has 1 rings (SSSR count). The van der Waals surface area contributed by atoms with Gasteiger partial charge in [0.2, 0.25) is 0 Å². The van der Waals surface area contributed by atoms with E-state index in [9.17, 15) is 9.90 Å². The van der Waals surface area contributed by atoms with Crippen LogP contribution in [0.4, 0.5) is 0 Å². The Morgan fingerprint density at radius 1 is 1.47 bits per heavy atom. The minimum atomic E-state index is -0.738. The monoisotopic (exact) mass is 216 g/mol. The van der Waals surface area contributed by atoms with Crippen LogP contribution in [0.5, 0.6) is 0 Å². The summed E-state index contributed by atoms with van der Waals surface area (Å²) in [5.74, 6) is -0.168. The van der Waals surface area contributed by atoms with Crippen LogP contribution in [0, 0.1) is 5.92 Å². The van der Waals surface area contributed by atoms with Gasteiger partial charge in [0, 0.05) is 7.11 Å². The van der Waals surface area contributed by atoms with Gasteiger partial charge in [-0.15, -0.1) is 0 Å². The van der Waals surface area contributed by atoms with Crippen molar-refractivity contribution >= 4 is 5.97 Å². The van der Waals surface area contributed by atoms with E-state index in [2.05, 4.69) is 0 Å². The van der Waals surface area contributed by atoms with Crippen LogP contribution in [0.1, 0.15) is 32.6 Å². The van der Waals surface area contributed by atoms with Gasteiger partial charge in [-0.3, -0.25) is 4.79 Å². The molecule has 1 N–H and O–H groups in total. The Kier molecular flexibility index (Phi) is 4.54. The van der Waals surface area contributed by atoms with E-state index in [1.807, 2.05) is 6.92 Å². The third kappa shape index (κ3) is 3.47. The Bertz CT molecular complexity index is 207. The standard InChI is InChI=1S/C11H20O4/c1-3-15-10(12)9-4-6-11(13,7-5-9)8-14-2/h9,13H,3-8H2,1-2H3. The summed E-state index contributed by atoms with van der Waals surface area (Å²) in [6, 6.07) is 0. The molecule has 0 bridgehead atoms. The Balaban J connectivity index is 2.38. The molecule has 0 unspecified atom stereocenters. The van der Waals surface area contributed by atoms with Gasteiger partial charge in [0.15, 0.2) is 0 Å². The highest BCUT2D eigenvalue weighted by Gasteiger charge is 2.36. The molecule has 1 fully saturated rings. The number of hydrogen-bond acceptors (Lipinski definition) is 4. The number of methoxy groups -OCH3 is 1. The van der Waals surface area contributed by atoms with Crippen molar-refractivity contribution in [1.82, 2.24) is 0 Å². The van der Waals surface area contributed by atoms with Crippen molar-refractivity contribution in [2.45, 2.75) is 38.2 Å². The molecule has 1 aliphatic carbocycles. The van der Waals surface area contributed by atoms with Gasteiger partial charge in [-0.1, -0.05) is 0 Å². The largest absolute Gasteiger partial charge is 0.466 e. The van der Waals surface area contributed by atoms with Gasteiger partial charge in [0.05, 0.1) is 24.7 Å². The zero-order chi connectivity index (χ0) is 11.3. The molecular weight excluding hydrogens is 196 g/mol. The maximum absolute atomic E-state index is 11.4. The third-order valence-corrected chi connectivity index (χ3v) is 2.95. The number of hydrogen-bond donors (Lipinski definition) is 1. The van der Waals surface area contributed by atoms with Crippen LogP contribution in [0.2, 0.25) is 0 Å². The number of carbonyl (C=O) groups is 1. The summed E-state index contributed by atoms with van der Waals surface area (Å²) >= 11 is 0. The van der Waals surface area contributed by atoms with Crippen LogP contribution in [-0.4, -0.2) is 37.0 Å². The second kappa shape index (κ2) is 5.47. The van der Waals surface area contributed by atoms with Crippen LogP contribution >= 0.6 is 0 Å². The van der Waals surface area contributed by atoms with Gasteiger partial charge in [-0.05, 0) is 32.6 Å². The van der Waals surface area contributed by atoms with Gasteiger partial charge in [0.25, 0.3) is 0 Å². The predicted molar refractivity (Wildman–Crippen MR) is 55.4 cm³/mol. The van der Waals surface area contributed by atoms with Crippen molar-refractivity contribution < 1.29 is 19.4 Å². The topological polar surface area (TPSA) is 55.8 Å². The SMILES string of the molecule is CCOC(=O)C1CCC(O)(COC)CC1. The van der Waals surface area contributed by atoms with E-state index >= 15 is 0 Å². The van der Waals surface area contributed by atoms with Crippen molar-refractivity contribution in [3.63, 3.8) is 0 Å². The maximum Gasteiger partial charge on any atom is 0.308 e. The van der Waals surface area contributed by atoms with E-state index in [-0.39, 0.29) is 11.9 Å². The number of aliphatic hydroxyl groups is 1. The molecule has 0 amide bonds. The Morgan fingerprint density at radius 2 is 2.07 bits per heavy atom. The highest BCUT2D eigenvalue weighted by Crippen LogP contribution is 2.32. The number of esters is 1. The molecular formula is C11H20O4. The Hall–Kier alpha value is -0.610. The lowest BCUT2D eigenvalue weighted by molar-refractivity contribution is -0.152. The van der Waals surface area contributed by atoms with E-state index in [1.165, 1.54) is 0 Å². The van der Waals surface area contributed by atoms with Crippen molar-refractivity contribution in [1.29, 1.82) is 0 Å². The number of carbonyl (C=O) groups excluding carboxylic acids is 1. The van der Waals surface area contributed by atoms with Crippen LogP contribution in [0.3, 0.4) is 0 Å². The van der Waals surface area contributed by atoms with Crippen molar-refractivity contribution in [3.8, 4) is 0 Å².